The summed E-state index contributed by atoms with van der Waals surface area (Å²) in [5, 5.41) is 8.65. The second-order valence-corrected chi connectivity index (χ2v) is 6.91. The summed E-state index contributed by atoms with van der Waals surface area (Å²) < 4.78 is 37.0. The van der Waals surface area contributed by atoms with Crippen LogP contribution in [0.3, 0.4) is 0 Å². The summed E-state index contributed by atoms with van der Waals surface area (Å²) in [5.41, 5.74) is 1.73. The van der Waals surface area contributed by atoms with Crippen LogP contribution in [-0.2, 0) is 4.79 Å². The topological polar surface area (TPSA) is 55.8 Å². The Balaban J connectivity index is 1.93. The summed E-state index contributed by atoms with van der Waals surface area (Å²) in [6.45, 7) is 3.10. The van der Waals surface area contributed by atoms with E-state index in [2.05, 4.69) is 0 Å². The monoisotopic (exact) mass is 394 g/mol. The smallest absolute Gasteiger partial charge is 0.341 e. The summed E-state index contributed by atoms with van der Waals surface area (Å²) in [6.07, 6.45) is -1.74. The van der Waals surface area contributed by atoms with Crippen LogP contribution in [0.15, 0.2) is 59.0 Å². The summed E-state index contributed by atoms with van der Waals surface area (Å²) in [4.78, 5) is 11.3. The number of benzene rings is 2. The Morgan fingerprint density at radius 2 is 1.74 bits per heavy atom. The molecule has 27 heavy (non-hydrogen) atoms. The summed E-state index contributed by atoms with van der Waals surface area (Å²) >= 11 is 1.25. The van der Waals surface area contributed by atoms with Crippen LogP contribution >= 0.6 is 11.8 Å². The zero-order chi connectivity index (χ0) is 19.8. The van der Waals surface area contributed by atoms with Gasteiger partial charge in [-0.15, -0.1) is 11.8 Å². The molecule has 0 heterocycles. The third-order valence-electron chi connectivity index (χ3n) is 3.61. The van der Waals surface area contributed by atoms with Crippen molar-refractivity contribution in [2.45, 2.75) is 18.7 Å². The minimum atomic E-state index is -1.74. The predicted octanol–water partition coefficient (Wildman–Crippen LogP) is 5.09. The molecule has 0 fully saturated rings. The molecule has 0 saturated heterocycles. The number of rotatable bonds is 9. The minimum absolute atomic E-state index is 0.0792. The van der Waals surface area contributed by atoms with Gasteiger partial charge >= 0.3 is 5.97 Å². The second-order valence-electron chi connectivity index (χ2n) is 5.86. The van der Waals surface area contributed by atoms with Crippen molar-refractivity contribution in [3.63, 3.8) is 0 Å². The standard InChI is InChI=1S/C20H20F2O4S/c1-13-3-5-16(6-4-13)25-10-15(20(21)22)12-27-17-7-8-18(14(2)9-17)26-11-19(23)24/h3-9H,10-12H2,1-2H3,(H,23,24). The van der Waals surface area contributed by atoms with Gasteiger partial charge in [-0.3, -0.25) is 0 Å². The number of ether oxygens (including phenoxy) is 2. The highest BCUT2D eigenvalue weighted by Crippen LogP contribution is 2.28. The van der Waals surface area contributed by atoms with Gasteiger partial charge < -0.3 is 14.6 Å². The third-order valence-corrected chi connectivity index (χ3v) is 4.69. The Morgan fingerprint density at radius 1 is 1.04 bits per heavy atom. The van der Waals surface area contributed by atoms with Crippen LogP contribution in [0.5, 0.6) is 11.5 Å². The first-order chi connectivity index (χ1) is 12.8. The van der Waals surface area contributed by atoms with Gasteiger partial charge in [-0.2, -0.15) is 8.78 Å². The Bertz CT molecular complexity index is 815. The lowest BCUT2D eigenvalue weighted by Gasteiger charge is -2.11. The van der Waals surface area contributed by atoms with Gasteiger partial charge in [-0.25, -0.2) is 4.79 Å². The van der Waals surface area contributed by atoms with Crippen molar-refractivity contribution in [3.05, 3.63) is 65.2 Å². The maximum absolute atomic E-state index is 13.2. The molecule has 4 nitrogen and oxygen atoms in total. The van der Waals surface area contributed by atoms with E-state index in [4.69, 9.17) is 14.6 Å². The van der Waals surface area contributed by atoms with Gasteiger partial charge in [-0.05, 0) is 49.7 Å². The first-order valence-electron chi connectivity index (χ1n) is 8.15. The minimum Gasteiger partial charge on any atom is -0.489 e. The second kappa shape index (κ2) is 9.97. The van der Waals surface area contributed by atoms with Gasteiger partial charge in [0.2, 0.25) is 0 Å². The van der Waals surface area contributed by atoms with Crippen LogP contribution in [0, 0.1) is 13.8 Å². The van der Waals surface area contributed by atoms with Gasteiger partial charge in [0.15, 0.2) is 6.61 Å². The van der Waals surface area contributed by atoms with Gasteiger partial charge in [0, 0.05) is 16.2 Å². The lowest BCUT2D eigenvalue weighted by Crippen LogP contribution is -2.10. The van der Waals surface area contributed by atoms with Crippen molar-refractivity contribution in [1.29, 1.82) is 0 Å². The van der Waals surface area contributed by atoms with Crippen LogP contribution in [-0.4, -0.2) is 30.0 Å². The fourth-order valence-electron chi connectivity index (χ4n) is 2.14. The average Bonchev–Trinajstić information content (AvgIpc) is 2.62. The number of halogens is 2. The lowest BCUT2D eigenvalue weighted by molar-refractivity contribution is -0.139. The maximum atomic E-state index is 13.2. The quantitative estimate of drug-likeness (QED) is 0.601. The first-order valence-corrected chi connectivity index (χ1v) is 9.14. The number of carboxylic acids is 1. The molecule has 2 aromatic carbocycles. The van der Waals surface area contributed by atoms with E-state index >= 15 is 0 Å². The average molecular weight is 394 g/mol. The molecule has 0 bridgehead atoms. The number of aryl methyl sites for hydroxylation is 2. The molecule has 2 rings (SSSR count). The summed E-state index contributed by atoms with van der Waals surface area (Å²) in [5.74, 6) is 0.0230. The van der Waals surface area contributed by atoms with Crippen LogP contribution in [0.25, 0.3) is 0 Å². The van der Waals surface area contributed by atoms with Gasteiger partial charge in [0.1, 0.15) is 18.1 Å². The highest BCUT2D eigenvalue weighted by molar-refractivity contribution is 7.99. The molecule has 0 aromatic heterocycles. The van der Waals surface area contributed by atoms with E-state index < -0.39 is 18.7 Å². The van der Waals surface area contributed by atoms with E-state index in [-0.39, 0.29) is 17.9 Å². The Labute approximate surface area is 160 Å². The molecular weight excluding hydrogens is 374 g/mol. The molecule has 0 atom stereocenters. The van der Waals surface area contributed by atoms with E-state index in [9.17, 15) is 13.6 Å². The molecule has 7 heteroatoms. The molecule has 144 valence electrons. The van der Waals surface area contributed by atoms with Crippen LogP contribution in [0.1, 0.15) is 11.1 Å². The molecule has 0 aliphatic carbocycles. The molecule has 0 amide bonds. The number of hydrogen-bond donors (Lipinski definition) is 1. The van der Waals surface area contributed by atoms with E-state index in [1.165, 1.54) is 11.8 Å². The lowest BCUT2D eigenvalue weighted by atomic mass is 10.2. The normalized spacial score (nSPS) is 10.4. The van der Waals surface area contributed by atoms with E-state index in [1.54, 1.807) is 37.3 Å². The molecule has 0 radical (unpaired) electrons. The van der Waals surface area contributed by atoms with Crippen molar-refractivity contribution in [1.82, 2.24) is 0 Å². The molecule has 2 aromatic rings. The highest BCUT2D eigenvalue weighted by atomic mass is 32.2. The van der Waals surface area contributed by atoms with Crippen molar-refractivity contribution < 1.29 is 28.2 Å². The third kappa shape index (κ3) is 6.94. The van der Waals surface area contributed by atoms with Crippen LogP contribution in [0.4, 0.5) is 8.78 Å². The van der Waals surface area contributed by atoms with Gasteiger partial charge in [0.25, 0.3) is 6.08 Å². The number of aliphatic carboxylic acids is 1. The Kier molecular flexibility index (Phi) is 7.67. The molecule has 0 aliphatic heterocycles. The maximum Gasteiger partial charge on any atom is 0.341 e. The molecule has 0 unspecified atom stereocenters. The SMILES string of the molecule is Cc1ccc(OCC(CSc2ccc(OCC(=O)O)c(C)c2)=C(F)F)cc1. The number of carbonyl (C=O) groups is 1. The van der Waals surface area contributed by atoms with Crippen LogP contribution in [0.2, 0.25) is 0 Å². The van der Waals surface area contributed by atoms with Crippen molar-refractivity contribution >= 4 is 17.7 Å². The molecule has 0 spiro atoms. The van der Waals surface area contributed by atoms with Gasteiger partial charge in [-0.1, -0.05) is 17.7 Å². The van der Waals surface area contributed by atoms with Crippen LogP contribution < -0.4 is 9.47 Å². The molecule has 0 saturated carbocycles. The first kappa shape index (κ1) is 20.8. The van der Waals surface area contributed by atoms with E-state index in [0.29, 0.717) is 11.5 Å². The van der Waals surface area contributed by atoms with Gasteiger partial charge in [0.05, 0.1) is 0 Å². The largest absolute Gasteiger partial charge is 0.489 e. The molecule has 1 N–H and O–H groups in total. The fourth-order valence-corrected chi connectivity index (χ4v) is 3.10. The Morgan fingerprint density at radius 3 is 2.33 bits per heavy atom. The number of thioether (sulfide) groups is 1. The molecule has 0 aliphatic rings. The number of hydrogen-bond acceptors (Lipinski definition) is 4. The summed E-state index contributed by atoms with van der Waals surface area (Å²) in [7, 11) is 0. The zero-order valence-corrected chi connectivity index (χ0v) is 15.8. The molecular formula is C20H20F2O4S. The summed E-state index contributed by atoms with van der Waals surface area (Å²) in [6, 6.07) is 12.3. The zero-order valence-electron chi connectivity index (χ0n) is 15.0. The van der Waals surface area contributed by atoms with Crippen molar-refractivity contribution in [3.8, 4) is 11.5 Å². The number of carboxylic acid groups (broad SMARTS) is 1. The van der Waals surface area contributed by atoms with Crippen molar-refractivity contribution in [2.75, 3.05) is 19.0 Å². The van der Waals surface area contributed by atoms with E-state index in [1.807, 2.05) is 19.1 Å². The highest BCUT2D eigenvalue weighted by Gasteiger charge is 2.10. The predicted molar refractivity (Wildman–Crippen MR) is 101 cm³/mol. The van der Waals surface area contributed by atoms with E-state index in [0.717, 1.165) is 16.0 Å². The van der Waals surface area contributed by atoms with Crippen molar-refractivity contribution in [2.24, 2.45) is 0 Å². The Hall–Kier alpha value is -2.54. The fraction of sp³-hybridized carbons (Fsp3) is 0.250.